The van der Waals surface area contributed by atoms with Crippen LogP contribution < -0.4 is 4.90 Å². The SMILES string of the molecule is C=CCN(CC)c1ccc([N+](=O)[O-])cc1C(=O)O. The van der Waals surface area contributed by atoms with Gasteiger partial charge in [0.2, 0.25) is 0 Å². The van der Waals surface area contributed by atoms with Crippen LogP contribution in [0, 0.1) is 10.1 Å². The Kier molecular flexibility index (Phi) is 4.42. The second-order valence-electron chi connectivity index (χ2n) is 3.59. The van der Waals surface area contributed by atoms with Crippen molar-refractivity contribution >= 4 is 17.3 Å². The molecule has 0 spiro atoms. The lowest BCUT2D eigenvalue weighted by Gasteiger charge is -2.22. The number of nitrogens with zero attached hydrogens (tertiary/aromatic N) is 2. The van der Waals surface area contributed by atoms with Crippen LogP contribution in [0.5, 0.6) is 0 Å². The Morgan fingerprint density at radius 3 is 2.72 bits per heavy atom. The molecule has 96 valence electrons. The van der Waals surface area contributed by atoms with Gasteiger partial charge in [0.1, 0.15) is 0 Å². The molecule has 1 rings (SSSR count). The van der Waals surface area contributed by atoms with Crippen molar-refractivity contribution in [3.63, 3.8) is 0 Å². The molecular formula is C12H14N2O4. The van der Waals surface area contributed by atoms with Crippen LogP contribution in [-0.4, -0.2) is 29.1 Å². The van der Waals surface area contributed by atoms with E-state index in [4.69, 9.17) is 5.11 Å². The number of benzene rings is 1. The van der Waals surface area contributed by atoms with Gasteiger partial charge in [0, 0.05) is 25.2 Å². The summed E-state index contributed by atoms with van der Waals surface area (Å²) in [5, 5.41) is 19.7. The van der Waals surface area contributed by atoms with Crippen LogP contribution in [0.3, 0.4) is 0 Å². The predicted molar refractivity (Wildman–Crippen MR) is 68.1 cm³/mol. The third kappa shape index (κ3) is 2.85. The van der Waals surface area contributed by atoms with E-state index in [1.54, 1.807) is 11.0 Å². The summed E-state index contributed by atoms with van der Waals surface area (Å²) >= 11 is 0. The molecule has 0 aliphatic heterocycles. The van der Waals surface area contributed by atoms with Gasteiger partial charge in [0.25, 0.3) is 5.69 Å². The van der Waals surface area contributed by atoms with E-state index in [0.717, 1.165) is 6.07 Å². The molecule has 6 nitrogen and oxygen atoms in total. The van der Waals surface area contributed by atoms with Crippen LogP contribution >= 0.6 is 0 Å². The zero-order valence-corrected chi connectivity index (χ0v) is 10.00. The minimum absolute atomic E-state index is 0.0760. The monoisotopic (exact) mass is 250 g/mol. The first kappa shape index (κ1) is 13.7. The molecule has 6 heteroatoms. The largest absolute Gasteiger partial charge is 0.478 e. The second-order valence-corrected chi connectivity index (χ2v) is 3.59. The van der Waals surface area contributed by atoms with E-state index in [1.165, 1.54) is 12.1 Å². The number of hydrogen-bond acceptors (Lipinski definition) is 4. The van der Waals surface area contributed by atoms with Crippen molar-refractivity contribution in [2.24, 2.45) is 0 Å². The number of likely N-dealkylation sites (N-methyl/N-ethyl adjacent to an activating group) is 1. The molecule has 0 fully saturated rings. The quantitative estimate of drug-likeness (QED) is 0.475. The lowest BCUT2D eigenvalue weighted by Crippen LogP contribution is -2.24. The number of non-ortho nitro benzene ring substituents is 1. The fourth-order valence-corrected chi connectivity index (χ4v) is 1.64. The van der Waals surface area contributed by atoms with Gasteiger partial charge in [0.15, 0.2) is 0 Å². The molecule has 0 atom stereocenters. The van der Waals surface area contributed by atoms with Crippen molar-refractivity contribution in [2.75, 3.05) is 18.0 Å². The molecule has 0 aliphatic rings. The Morgan fingerprint density at radius 1 is 1.61 bits per heavy atom. The van der Waals surface area contributed by atoms with Gasteiger partial charge in [0.05, 0.1) is 16.2 Å². The van der Waals surface area contributed by atoms with Crippen molar-refractivity contribution in [1.82, 2.24) is 0 Å². The summed E-state index contributed by atoms with van der Waals surface area (Å²) < 4.78 is 0. The Balaban J connectivity index is 3.30. The van der Waals surface area contributed by atoms with E-state index in [1.807, 2.05) is 6.92 Å². The first-order chi connectivity index (χ1) is 8.51. The number of hydrogen-bond donors (Lipinski definition) is 1. The molecule has 0 bridgehead atoms. The zero-order valence-electron chi connectivity index (χ0n) is 10.00. The van der Waals surface area contributed by atoms with Crippen molar-refractivity contribution in [3.05, 3.63) is 46.5 Å². The molecule has 1 aromatic rings. The molecule has 0 amide bonds. The highest BCUT2D eigenvalue weighted by Crippen LogP contribution is 2.25. The highest BCUT2D eigenvalue weighted by Gasteiger charge is 2.18. The Labute approximate surface area is 104 Å². The summed E-state index contributed by atoms with van der Waals surface area (Å²) in [5.41, 5.74) is 0.147. The molecule has 0 heterocycles. The van der Waals surface area contributed by atoms with Crippen LogP contribution in [0.25, 0.3) is 0 Å². The summed E-state index contributed by atoms with van der Waals surface area (Å²) in [4.78, 5) is 22.9. The first-order valence-electron chi connectivity index (χ1n) is 5.38. The van der Waals surface area contributed by atoms with Gasteiger partial charge in [-0.1, -0.05) is 6.08 Å². The number of nitro groups is 1. The van der Waals surface area contributed by atoms with Gasteiger partial charge >= 0.3 is 5.97 Å². The Hall–Kier alpha value is -2.37. The van der Waals surface area contributed by atoms with Crippen LogP contribution in [-0.2, 0) is 0 Å². The van der Waals surface area contributed by atoms with Gasteiger partial charge in [-0.15, -0.1) is 6.58 Å². The number of anilines is 1. The lowest BCUT2D eigenvalue weighted by molar-refractivity contribution is -0.384. The minimum atomic E-state index is -1.18. The average molecular weight is 250 g/mol. The summed E-state index contributed by atoms with van der Waals surface area (Å²) in [5.74, 6) is -1.18. The molecule has 1 N–H and O–H groups in total. The maximum absolute atomic E-state index is 11.1. The average Bonchev–Trinajstić information content (AvgIpc) is 2.35. The molecule has 0 saturated carbocycles. The fraction of sp³-hybridized carbons (Fsp3) is 0.250. The number of carbonyl (C=O) groups is 1. The number of aromatic carboxylic acids is 1. The van der Waals surface area contributed by atoms with Gasteiger partial charge in [-0.25, -0.2) is 4.79 Å². The maximum Gasteiger partial charge on any atom is 0.338 e. The summed E-state index contributed by atoms with van der Waals surface area (Å²) in [6.45, 7) is 6.54. The highest BCUT2D eigenvalue weighted by atomic mass is 16.6. The molecule has 1 aromatic carbocycles. The number of rotatable bonds is 6. The topological polar surface area (TPSA) is 83.7 Å². The van der Waals surface area contributed by atoms with Crippen LogP contribution in [0.4, 0.5) is 11.4 Å². The molecular weight excluding hydrogens is 236 g/mol. The van der Waals surface area contributed by atoms with Crippen molar-refractivity contribution in [2.45, 2.75) is 6.92 Å². The smallest absolute Gasteiger partial charge is 0.338 e. The molecule has 18 heavy (non-hydrogen) atoms. The van der Waals surface area contributed by atoms with Crippen LogP contribution in [0.2, 0.25) is 0 Å². The Bertz CT molecular complexity index is 485. The summed E-state index contributed by atoms with van der Waals surface area (Å²) in [6.07, 6.45) is 1.65. The van der Waals surface area contributed by atoms with Gasteiger partial charge in [-0.05, 0) is 13.0 Å². The molecule has 0 unspecified atom stereocenters. The summed E-state index contributed by atoms with van der Waals surface area (Å²) in [7, 11) is 0. The van der Waals surface area contributed by atoms with Crippen molar-refractivity contribution in [1.29, 1.82) is 0 Å². The predicted octanol–water partition coefficient (Wildman–Crippen LogP) is 2.31. The van der Waals surface area contributed by atoms with Crippen molar-refractivity contribution in [3.8, 4) is 0 Å². The van der Waals surface area contributed by atoms with Crippen molar-refractivity contribution < 1.29 is 14.8 Å². The van der Waals surface area contributed by atoms with Gasteiger partial charge in [-0.3, -0.25) is 10.1 Å². The normalized spacial score (nSPS) is 9.83. The molecule has 0 radical (unpaired) electrons. The highest BCUT2D eigenvalue weighted by molar-refractivity contribution is 5.95. The minimum Gasteiger partial charge on any atom is -0.478 e. The molecule has 0 aromatic heterocycles. The van der Waals surface area contributed by atoms with E-state index in [0.29, 0.717) is 18.8 Å². The van der Waals surface area contributed by atoms with Gasteiger partial charge in [-0.2, -0.15) is 0 Å². The lowest BCUT2D eigenvalue weighted by atomic mass is 10.1. The second kappa shape index (κ2) is 5.81. The third-order valence-electron chi connectivity index (χ3n) is 2.49. The molecule has 0 saturated heterocycles. The first-order valence-corrected chi connectivity index (χ1v) is 5.38. The number of carboxylic acid groups (broad SMARTS) is 1. The van der Waals surface area contributed by atoms with E-state index in [9.17, 15) is 14.9 Å². The number of nitro benzene ring substituents is 1. The van der Waals surface area contributed by atoms with Crippen LogP contribution in [0.15, 0.2) is 30.9 Å². The standard InChI is InChI=1S/C12H14N2O4/c1-3-7-13(4-2)11-6-5-9(14(17)18)8-10(11)12(15)16/h3,5-6,8H,1,4,7H2,2H3,(H,15,16). The third-order valence-corrected chi connectivity index (χ3v) is 2.49. The van der Waals surface area contributed by atoms with E-state index in [2.05, 4.69) is 6.58 Å². The van der Waals surface area contributed by atoms with Crippen LogP contribution in [0.1, 0.15) is 17.3 Å². The molecule has 0 aliphatic carbocycles. The zero-order chi connectivity index (χ0) is 13.7. The van der Waals surface area contributed by atoms with E-state index >= 15 is 0 Å². The van der Waals surface area contributed by atoms with E-state index in [-0.39, 0.29) is 11.3 Å². The maximum atomic E-state index is 11.1. The van der Waals surface area contributed by atoms with E-state index < -0.39 is 10.9 Å². The number of carboxylic acids is 1. The summed E-state index contributed by atoms with van der Waals surface area (Å²) in [6, 6.07) is 3.82. The Morgan fingerprint density at radius 2 is 2.28 bits per heavy atom. The van der Waals surface area contributed by atoms with Gasteiger partial charge < -0.3 is 10.0 Å². The fourth-order valence-electron chi connectivity index (χ4n) is 1.64.